The van der Waals surface area contributed by atoms with Gasteiger partial charge in [-0.05, 0) is 64.4 Å². The molecule has 0 bridgehead atoms. The molecule has 1 unspecified atom stereocenters. The fourth-order valence-corrected chi connectivity index (χ4v) is 7.12. The normalized spacial score (nSPS) is 22.5. The van der Waals surface area contributed by atoms with Crippen molar-refractivity contribution in [2.75, 3.05) is 51.4 Å². The molecule has 46 heavy (non-hydrogen) atoms. The van der Waals surface area contributed by atoms with E-state index in [0.717, 1.165) is 47.1 Å². The number of anilines is 1. The van der Waals surface area contributed by atoms with Gasteiger partial charge in [0.15, 0.2) is 5.82 Å². The highest BCUT2D eigenvalue weighted by molar-refractivity contribution is 6.35. The summed E-state index contributed by atoms with van der Waals surface area (Å²) in [4.78, 5) is 28.2. The smallest absolute Gasteiger partial charge is 0.319 e. The highest BCUT2D eigenvalue weighted by Crippen LogP contribution is 2.48. The number of amides is 1. The van der Waals surface area contributed by atoms with Crippen molar-refractivity contribution in [3.05, 3.63) is 53.0 Å². The second-order valence-corrected chi connectivity index (χ2v) is 13.3. The summed E-state index contributed by atoms with van der Waals surface area (Å²) in [5.41, 5.74) is 3.83. The van der Waals surface area contributed by atoms with Crippen LogP contribution in [0.5, 0.6) is 6.01 Å². The highest BCUT2D eigenvalue weighted by atomic mass is 35.5. The van der Waals surface area contributed by atoms with E-state index in [2.05, 4.69) is 31.6 Å². The van der Waals surface area contributed by atoms with Gasteiger partial charge < -0.3 is 19.3 Å². The maximum atomic E-state index is 17.2. The molecule has 1 saturated carbocycles. The average molecular weight is 648 g/mol. The largest absolute Gasteiger partial charge is 0.462 e. The molecule has 10 nitrogen and oxygen atoms in total. The first-order chi connectivity index (χ1) is 22.2. The third-order valence-electron chi connectivity index (χ3n) is 9.68. The molecule has 242 valence electrons. The Bertz CT molecular complexity index is 1840. The number of likely N-dealkylation sites (N-methyl/N-ethyl adjacent to an activating group) is 1. The van der Waals surface area contributed by atoms with Gasteiger partial charge in [-0.3, -0.25) is 14.8 Å². The quantitative estimate of drug-likeness (QED) is 0.264. The predicted molar refractivity (Wildman–Crippen MR) is 177 cm³/mol. The number of hydrogen-bond donors (Lipinski definition) is 1. The Kier molecular flexibility index (Phi) is 8.11. The lowest BCUT2D eigenvalue weighted by Gasteiger charge is -2.44. The molecular weight excluding hydrogens is 609 g/mol. The summed E-state index contributed by atoms with van der Waals surface area (Å²) in [5.74, 6) is 0.234. The van der Waals surface area contributed by atoms with Gasteiger partial charge in [0.1, 0.15) is 17.9 Å². The molecule has 3 aliphatic rings. The highest BCUT2D eigenvalue weighted by Gasteiger charge is 2.35. The molecule has 2 aromatic heterocycles. The van der Waals surface area contributed by atoms with Gasteiger partial charge in [0.25, 0.3) is 0 Å². The van der Waals surface area contributed by atoms with E-state index in [1.54, 1.807) is 11.0 Å². The first-order valence-electron chi connectivity index (χ1n) is 15.9. The maximum Gasteiger partial charge on any atom is 0.319 e. The van der Waals surface area contributed by atoms with Crippen molar-refractivity contribution in [1.82, 2.24) is 30.0 Å². The molecule has 2 aromatic carbocycles. The molecule has 3 fully saturated rings. The van der Waals surface area contributed by atoms with E-state index in [1.165, 1.54) is 6.08 Å². The van der Waals surface area contributed by atoms with Gasteiger partial charge >= 0.3 is 6.01 Å². The number of fused-ring (bicyclic) bond motifs is 2. The number of aromatic amines is 1. The van der Waals surface area contributed by atoms with Crippen LogP contribution in [0.4, 0.5) is 10.2 Å². The maximum absolute atomic E-state index is 17.2. The van der Waals surface area contributed by atoms with Gasteiger partial charge in [-0.2, -0.15) is 15.1 Å². The number of carbonyl (C=O) groups excluding carboxylic acids is 1. The summed E-state index contributed by atoms with van der Waals surface area (Å²) in [6.07, 6.45) is 3.48. The van der Waals surface area contributed by atoms with Crippen LogP contribution in [-0.4, -0.2) is 101 Å². The Labute approximate surface area is 272 Å². The van der Waals surface area contributed by atoms with E-state index < -0.39 is 5.82 Å². The van der Waals surface area contributed by atoms with Crippen LogP contribution in [0.3, 0.4) is 0 Å². The van der Waals surface area contributed by atoms with E-state index in [0.29, 0.717) is 49.0 Å². The number of hydrogen-bond acceptors (Lipinski definition) is 8. The molecule has 3 atom stereocenters. The molecule has 2 saturated heterocycles. The number of carbonyl (C=O) groups is 1. The summed E-state index contributed by atoms with van der Waals surface area (Å²) in [5, 5.41) is 9.41. The van der Waals surface area contributed by atoms with Crippen LogP contribution >= 0.6 is 11.6 Å². The molecule has 12 heteroatoms. The van der Waals surface area contributed by atoms with Crippen LogP contribution in [0.2, 0.25) is 5.02 Å². The van der Waals surface area contributed by atoms with Crippen molar-refractivity contribution < 1.29 is 18.7 Å². The van der Waals surface area contributed by atoms with Crippen molar-refractivity contribution in [3.63, 3.8) is 0 Å². The number of nitrogens with one attached hydrogen (secondary N) is 1. The second kappa shape index (κ2) is 12.1. The van der Waals surface area contributed by atoms with Crippen LogP contribution in [0.1, 0.15) is 43.9 Å². The zero-order valence-electron chi connectivity index (χ0n) is 26.6. The van der Waals surface area contributed by atoms with Crippen molar-refractivity contribution in [3.8, 4) is 17.1 Å². The molecule has 1 N–H and O–H groups in total. The molecule has 2 aliphatic heterocycles. The van der Waals surface area contributed by atoms with Crippen molar-refractivity contribution in [1.29, 1.82) is 0 Å². The predicted octanol–water partition coefficient (Wildman–Crippen LogP) is 5.47. The lowest BCUT2D eigenvalue weighted by molar-refractivity contribution is -0.128. The number of morpholine rings is 1. The number of H-pyrrole nitrogens is 1. The molecule has 1 amide bonds. The topological polar surface area (TPSA) is 99.7 Å². The minimum absolute atomic E-state index is 0.0108. The molecule has 0 spiro atoms. The minimum atomic E-state index is -0.533. The van der Waals surface area contributed by atoms with Crippen LogP contribution in [-0.2, 0) is 9.53 Å². The fraction of sp³-hybridized carbons (Fsp3) is 0.471. The average Bonchev–Trinajstić information content (AvgIpc) is 3.80. The summed E-state index contributed by atoms with van der Waals surface area (Å²) < 4.78 is 29.1. The van der Waals surface area contributed by atoms with E-state index >= 15 is 4.39 Å². The van der Waals surface area contributed by atoms with Gasteiger partial charge in [0, 0.05) is 65.2 Å². The number of rotatable bonds is 7. The summed E-state index contributed by atoms with van der Waals surface area (Å²) in [6.45, 7) is 12.8. The Hall–Kier alpha value is -3.80. The number of piperazine rings is 1. The van der Waals surface area contributed by atoms with Gasteiger partial charge in [0.05, 0.1) is 29.8 Å². The summed E-state index contributed by atoms with van der Waals surface area (Å²) in [7, 11) is 2.03. The van der Waals surface area contributed by atoms with Crippen LogP contribution in [0.15, 0.2) is 30.9 Å². The molecule has 4 aromatic rings. The van der Waals surface area contributed by atoms with Crippen molar-refractivity contribution >= 4 is 45.1 Å². The van der Waals surface area contributed by atoms with Gasteiger partial charge in [0.2, 0.25) is 5.91 Å². The Morgan fingerprint density at radius 1 is 1.22 bits per heavy atom. The standard InChI is InChI=1S/C34H39ClFN7O3/c1-6-26(44)42-14-20(4)43(15-19(42)3)33-23-13-24(35)28(27-18(2)7-10-25-29(27)31(40-39-25)21-8-9-21)30(36)32(23)37-34(38-33)46-17-22-16-45-12-11-41(22)5/h6-7,10,13,19-22H,1,8-9,11-12,14-17H2,2-5H3,(H,39,40)/t19-,20+,22?/m1/s1. The fourth-order valence-electron chi connectivity index (χ4n) is 6.83. The Balaban J connectivity index is 1.38. The number of benzene rings is 2. The van der Waals surface area contributed by atoms with Crippen LogP contribution in [0, 0.1) is 12.7 Å². The van der Waals surface area contributed by atoms with E-state index in [1.807, 2.05) is 40.0 Å². The molecule has 7 rings (SSSR count). The van der Waals surface area contributed by atoms with E-state index in [4.69, 9.17) is 26.1 Å². The Morgan fingerprint density at radius 3 is 2.76 bits per heavy atom. The van der Waals surface area contributed by atoms with Crippen LogP contribution in [0.25, 0.3) is 32.9 Å². The lowest BCUT2D eigenvalue weighted by Crippen LogP contribution is -2.58. The first-order valence-corrected chi connectivity index (χ1v) is 16.3. The number of nitrogens with zero attached hydrogens (tertiary/aromatic N) is 6. The number of ether oxygens (including phenoxy) is 2. The molecule has 4 heterocycles. The van der Waals surface area contributed by atoms with Crippen molar-refractivity contribution in [2.24, 2.45) is 0 Å². The summed E-state index contributed by atoms with van der Waals surface area (Å²) in [6, 6.07) is 5.50. The van der Waals surface area contributed by atoms with E-state index in [-0.39, 0.29) is 47.2 Å². The second-order valence-electron chi connectivity index (χ2n) is 12.9. The monoisotopic (exact) mass is 647 g/mol. The molecular formula is C34H39ClFN7O3. The zero-order valence-corrected chi connectivity index (χ0v) is 27.4. The minimum Gasteiger partial charge on any atom is -0.462 e. The van der Waals surface area contributed by atoms with E-state index in [9.17, 15) is 4.79 Å². The van der Waals surface area contributed by atoms with Crippen molar-refractivity contribution in [2.45, 2.75) is 57.7 Å². The zero-order chi connectivity index (χ0) is 32.3. The Morgan fingerprint density at radius 2 is 2.02 bits per heavy atom. The summed E-state index contributed by atoms with van der Waals surface area (Å²) >= 11 is 7.05. The third kappa shape index (κ3) is 5.38. The van der Waals surface area contributed by atoms with Gasteiger partial charge in [-0.25, -0.2) is 4.39 Å². The third-order valence-corrected chi connectivity index (χ3v) is 9.98. The van der Waals surface area contributed by atoms with Gasteiger partial charge in [-0.1, -0.05) is 24.2 Å². The first kappa shape index (κ1) is 30.8. The molecule has 0 radical (unpaired) electrons. The SMILES string of the molecule is C=CC(=O)N1C[C@H](C)N(c2nc(OCC3COCCN3C)nc3c(F)c(-c4c(C)ccc5n[nH]c(C6CC6)c45)c(Cl)cc23)C[C@H]1C. The lowest BCUT2D eigenvalue weighted by atomic mass is 9.93. The molecule has 1 aliphatic carbocycles. The van der Waals surface area contributed by atoms with Crippen LogP contribution < -0.4 is 9.64 Å². The number of aryl methyl sites for hydroxylation is 1. The van der Waals surface area contributed by atoms with Gasteiger partial charge in [-0.15, -0.1) is 0 Å². The number of aromatic nitrogens is 4. The number of halogens is 2.